The second kappa shape index (κ2) is 9.47. The molecule has 2 aliphatic rings. The molecule has 2 aromatic carbocycles. The molecule has 1 saturated heterocycles. The van der Waals surface area contributed by atoms with Gasteiger partial charge in [0, 0.05) is 44.9 Å². The minimum atomic E-state index is -3.67. The summed E-state index contributed by atoms with van der Waals surface area (Å²) in [5.74, 6) is 1.01. The summed E-state index contributed by atoms with van der Waals surface area (Å²) in [5.41, 5.74) is 1.95. The average Bonchev–Trinajstić information content (AvgIpc) is 3.37. The Labute approximate surface area is 198 Å². The number of nitrogens with zero attached hydrogens (tertiary/aromatic N) is 4. The number of benzene rings is 2. The fourth-order valence-electron chi connectivity index (χ4n) is 4.13. The summed E-state index contributed by atoms with van der Waals surface area (Å²) in [4.78, 5) is 14.6. The molecule has 5 rings (SSSR count). The Hall–Kier alpha value is -3.37. The van der Waals surface area contributed by atoms with Gasteiger partial charge in [-0.2, -0.15) is 9.40 Å². The third kappa shape index (κ3) is 4.64. The molecule has 0 aliphatic carbocycles. The zero-order chi connectivity index (χ0) is 23.5. The predicted molar refractivity (Wildman–Crippen MR) is 125 cm³/mol. The zero-order valence-electron chi connectivity index (χ0n) is 18.7. The van der Waals surface area contributed by atoms with Crippen molar-refractivity contribution >= 4 is 15.9 Å². The molecule has 3 heterocycles. The van der Waals surface area contributed by atoms with Gasteiger partial charge in [-0.3, -0.25) is 4.79 Å². The van der Waals surface area contributed by atoms with Crippen LogP contribution < -0.4 is 9.47 Å². The number of aryl methyl sites for hydroxylation is 1. The highest BCUT2D eigenvalue weighted by molar-refractivity contribution is 7.89. The van der Waals surface area contributed by atoms with Gasteiger partial charge in [0.25, 0.3) is 0 Å². The van der Waals surface area contributed by atoms with Crippen LogP contribution in [0, 0.1) is 0 Å². The van der Waals surface area contributed by atoms with Crippen LogP contribution in [0.4, 0.5) is 0 Å². The number of aromatic nitrogens is 2. The highest BCUT2D eigenvalue weighted by Crippen LogP contribution is 2.33. The Morgan fingerprint density at radius 3 is 2.44 bits per heavy atom. The van der Waals surface area contributed by atoms with Crippen LogP contribution in [-0.2, 0) is 21.2 Å². The smallest absolute Gasteiger partial charge is 0.243 e. The second-order valence-electron chi connectivity index (χ2n) is 8.22. The van der Waals surface area contributed by atoms with Crippen LogP contribution in [-0.4, -0.2) is 72.7 Å². The minimum Gasteiger partial charge on any atom is -0.486 e. The molecule has 2 aliphatic heterocycles. The van der Waals surface area contributed by atoms with Crippen molar-refractivity contribution in [2.45, 2.75) is 17.7 Å². The third-order valence-electron chi connectivity index (χ3n) is 6.03. The van der Waals surface area contributed by atoms with Crippen molar-refractivity contribution in [3.8, 4) is 17.2 Å². The molecule has 0 spiro atoms. The van der Waals surface area contributed by atoms with Gasteiger partial charge in [-0.1, -0.05) is 18.2 Å². The number of sulfonamides is 1. The molecule has 0 N–H and O–H groups in total. The first-order valence-corrected chi connectivity index (χ1v) is 12.7. The SMILES string of the molecule is O=C(CCc1cnn(-c2ccccc2)c1)N1CCN(S(=O)(=O)c2ccc3c(c2)OCCO3)CC1. The molecule has 9 nitrogen and oxygen atoms in total. The highest BCUT2D eigenvalue weighted by Gasteiger charge is 2.31. The van der Waals surface area contributed by atoms with Crippen molar-refractivity contribution in [3.05, 3.63) is 66.5 Å². The molecule has 178 valence electrons. The lowest BCUT2D eigenvalue weighted by Crippen LogP contribution is -2.50. The molecular weight excluding hydrogens is 456 g/mol. The molecule has 3 aromatic rings. The minimum absolute atomic E-state index is 0.0174. The molecule has 34 heavy (non-hydrogen) atoms. The third-order valence-corrected chi connectivity index (χ3v) is 7.92. The first-order valence-electron chi connectivity index (χ1n) is 11.3. The summed E-state index contributed by atoms with van der Waals surface area (Å²) in [5, 5.41) is 4.37. The first kappa shape index (κ1) is 22.4. The second-order valence-corrected chi connectivity index (χ2v) is 10.2. The van der Waals surface area contributed by atoms with E-state index in [0.717, 1.165) is 11.3 Å². The van der Waals surface area contributed by atoms with Gasteiger partial charge in [0.2, 0.25) is 15.9 Å². The fourth-order valence-corrected chi connectivity index (χ4v) is 5.57. The number of hydrogen-bond donors (Lipinski definition) is 0. The first-order chi connectivity index (χ1) is 16.5. The van der Waals surface area contributed by atoms with Gasteiger partial charge < -0.3 is 14.4 Å². The van der Waals surface area contributed by atoms with Gasteiger partial charge in [0.15, 0.2) is 11.5 Å². The monoisotopic (exact) mass is 482 g/mol. The van der Waals surface area contributed by atoms with Crippen LogP contribution >= 0.6 is 0 Å². The Balaban J connectivity index is 1.15. The van der Waals surface area contributed by atoms with Crippen molar-refractivity contribution in [3.63, 3.8) is 0 Å². The molecular formula is C24H26N4O5S. The maximum atomic E-state index is 13.1. The number of carbonyl (C=O) groups is 1. The lowest BCUT2D eigenvalue weighted by Gasteiger charge is -2.34. The van der Waals surface area contributed by atoms with Crippen molar-refractivity contribution in [2.24, 2.45) is 0 Å². The maximum absolute atomic E-state index is 13.1. The number of para-hydroxylation sites is 1. The van der Waals surface area contributed by atoms with Gasteiger partial charge in [-0.05, 0) is 36.2 Å². The van der Waals surface area contributed by atoms with E-state index in [1.54, 1.807) is 21.8 Å². The Morgan fingerprint density at radius 2 is 1.68 bits per heavy atom. The largest absolute Gasteiger partial charge is 0.486 e. The van der Waals surface area contributed by atoms with Crippen molar-refractivity contribution < 1.29 is 22.7 Å². The molecule has 1 fully saturated rings. The van der Waals surface area contributed by atoms with Crippen LogP contribution in [0.3, 0.4) is 0 Å². The number of amides is 1. The predicted octanol–water partition coefficient (Wildman–Crippen LogP) is 2.11. The standard InChI is InChI=1S/C24H26N4O5S/c29-24(9-6-19-17-25-28(18-19)20-4-2-1-3-5-20)26-10-12-27(13-11-26)34(30,31)21-7-8-22-23(16-21)33-15-14-32-22/h1-5,7-8,16-18H,6,9-15H2. The van der Waals surface area contributed by atoms with Crippen molar-refractivity contribution in [1.82, 2.24) is 19.0 Å². The van der Waals surface area contributed by atoms with Crippen LogP contribution in [0.1, 0.15) is 12.0 Å². The summed E-state index contributed by atoms with van der Waals surface area (Å²) in [6, 6.07) is 14.5. The topological polar surface area (TPSA) is 94.0 Å². The molecule has 10 heteroatoms. The average molecular weight is 483 g/mol. The van der Waals surface area contributed by atoms with E-state index < -0.39 is 10.0 Å². The molecule has 1 amide bonds. The van der Waals surface area contributed by atoms with Crippen molar-refractivity contribution in [1.29, 1.82) is 0 Å². The van der Waals surface area contributed by atoms with E-state index in [2.05, 4.69) is 5.10 Å². The molecule has 0 unspecified atom stereocenters. The summed E-state index contributed by atoms with van der Waals surface area (Å²) in [7, 11) is -3.67. The van der Waals surface area contributed by atoms with E-state index in [1.807, 2.05) is 36.5 Å². The highest BCUT2D eigenvalue weighted by atomic mass is 32.2. The van der Waals surface area contributed by atoms with Gasteiger partial charge >= 0.3 is 0 Å². The van der Waals surface area contributed by atoms with E-state index >= 15 is 0 Å². The number of rotatable bonds is 6. The van der Waals surface area contributed by atoms with E-state index in [9.17, 15) is 13.2 Å². The lowest BCUT2D eigenvalue weighted by molar-refractivity contribution is -0.132. The fraction of sp³-hybridized carbons (Fsp3) is 0.333. The normalized spacial score (nSPS) is 16.4. The Bertz CT molecular complexity index is 1270. The van der Waals surface area contributed by atoms with E-state index in [-0.39, 0.29) is 23.9 Å². The van der Waals surface area contributed by atoms with Crippen molar-refractivity contribution in [2.75, 3.05) is 39.4 Å². The molecule has 0 radical (unpaired) electrons. The molecule has 0 bridgehead atoms. The number of ether oxygens (including phenoxy) is 2. The van der Waals surface area contributed by atoms with Crippen LogP contribution in [0.2, 0.25) is 0 Å². The van der Waals surface area contributed by atoms with Crippen LogP contribution in [0.25, 0.3) is 5.69 Å². The van der Waals surface area contributed by atoms with Gasteiger partial charge in [0.05, 0.1) is 16.8 Å². The summed E-state index contributed by atoms with van der Waals surface area (Å²) in [6.45, 7) is 2.09. The molecule has 0 saturated carbocycles. The Kier molecular flexibility index (Phi) is 6.25. The zero-order valence-corrected chi connectivity index (χ0v) is 19.5. The quantitative estimate of drug-likeness (QED) is 0.534. The number of fused-ring (bicyclic) bond motifs is 1. The molecule has 0 atom stereocenters. The summed E-state index contributed by atoms with van der Waals surface area (Å²) < 4.78 is 40.4. The molecule has 1 aromatic heterocycles. The van der Waals surface area contributed by atoms with Gasteiger partial charge in [-0.25, -0.2) is 13.1 Å². The lowest BCUT2D eigenvalue weighted by atomic mass is 10.2. The van der Waals surface area contributed by atoms with E-state index in [0.29, 0.717) is 50.6 Å². The summed E-state index contributed by atoms with van der Waals surface area (Å²) in [6.07, 6.45) is 4.65. The van der Waals surface area contributed by atoms with Gasteiger partial charge in [0.1, 0.15) is 13.2 Å². The van der Waals surface area contributed by atoms with Crippen LogP contribution in [0.5, 0.6) is 11.5 Å². The maximum Gasteiger partial charge on any atom is 0.243 e. The van der Waals surface area contributed by atoms with Crippen LogP contribution in [0.15, 0.2) is 65.8 Å². The number of hydrogen-bond acceptors (Lipinski definition) is 6. The van der Waals surface area contributed by atoms with E-state index in [4.69, 9.17) is 9.47 Å². The van der Waals surface area contributed by atoms with E-state index in [1.165, 1.54) is 16.4 Å². The number of piperazine rings is 1. The number of carbonyl (C=O) groups excluding carboxylic acids is 1. The summed E-state index contributed by atoms with van der Waals surface area (Å²) >= 11 is 0. The Morgan fingerprint density at radius 1 is 0.941 bits per heavy atom. The van der Waals surface area contributed by atoms with Gasteiger partial charge in [-0.15, -0.1) is 0 Å².